The SMILES string of the molecule is COc1cc(C2=NN3[C@H](C2)c2ccccc2OC32CCN(C)CC2)ccc1O. The minimum absolute atomic E-state index is 0.142. The summed E-state index contributed by atoms with van der Waals surface area (Å²) in [4.78, 5) is 2.34. The number of hydrogen-bond donors (Lipinski definition) is 1. The highest BCUT2D eigenvalue weighted by molar-refractivity contribution is 6.02. The van der Waals surface area contributed by atoms with Crippen molar-refractivity contribution in [1.29, 1.82) is 0 Å². The molecule has 6 nitrogen and oxygen atoms in total. The van der Waals surface area contributed by atoms with Crippen LogP contribution in [-0.2, 0) is 0 Å². The van der Waals surface area contributed by atoms with Gasteiger partial charge >= 0.3 is 0 Å². The van der Waals surface area contributed by atoms with E-state index >= 15 is 0 Å². The van der Waals surface area contributed by atoms with E-state index in [1.165, 1.54) is 5.56 Å². The first kappa shape index (κ1) is 17.4. The van der Waals surface area contributed by atoms with E-state index in [4.69, 9.17) is 14.6 Å². The third-order valence-electron chi connectivity index (χ3n) is 6.19. The van der Waals surface area contributed by atoms with Crippen LogP contribution >= 0.6 is 0 Å². The highest BCUT2D eigenvalue weighted by Gasteiger charge is 2.51. The minimum atomic E-state index is -0.395. The number of hydrazone groups is 1. The number of methoxy groups -OCH3 is 1. The first-order valence-corrected chi connectivity index (χ1v) is 9.80. The van der Waals surface area contributed by atoms with Crippen LogP contribution in [0.15, 0.2) is 47.6 Å². The van der Waals surface area contributed by atoms with Crippen LogP contribution in [0.4, 0.5) is 0 Å². The Bertz CT molecular complexity index is 934. The lowest BCUT2D eigenvalue weighted by Crippen LogP contribution is -2.58. The Morgan fingerprint density at radius 1 is 1.18 bits per heavy atom. The van der Waals surface area contributed by atoms with E-state index in [0.29, 0.717) is 5.75 Å². The quantitative estimate of drug-likeness (QED) is 0.867. The van der Waals surface area contributed by atoms with Gasteiger partial charge in [0.2, 0.25) is 5.72 Å². The number of para-hydroxylation sites is 1. The third kappa shape index (κ3) is 2.63. The molecule has 5 rings (SSSR count). The molecule has 3 aliphatic heterocycles. The van der Waals surface area contributed by atoms with E-state index in [2.05, 4.69) is 35.2 Å². The molecule has 1 atom stereocenters. The van der Waals surface area contributed by atoms with Gasteiger partial charge < -0.3 is 19.5 Å². The van der Waals surface area contributed by atoms with E-state index in [0.717, 1.165) is 49.4 Å². The first-order chi connectivity index (χ1) is 13.6. The van der Waals surface area contributed by atoms with Gasteiger partial charge in [0.15, 0.2) is 11.5 Å². The maximum atomic E-state index is 9.94. The van der Waals surface area contributed by atoms with Crippen molar-refractivity contribution in [3.8, 4) is 17.2 Å². The summed E-state index contributed by atoms with van der Waals surface area (Å²) in [7, 11) is 3.72. The second kappa shape index (κ2) is 6.41. The van der Waals surface area contributed by atoms with E-state index in [1.54, 1.807) is 13.2 Å². The Kier molecular flexibility index (Phi) is 3.98. The molecule has 146 valence electrons. The lowest BCUT2D eigenvalue weighted by Gasteiger charge is -2.50. The molecule has 1 fully saturated rings. The van der Waals surface area contributed by atoms with Crippen molar-refractivity contribution in [2.45, 2.75) is 31.0 Å². The van der Waals surface area contributed by atoms with Crippen molar-refractivity contribution in [3.05, 3.63) is 53.6 Å². The fourth-order valence-corrected chi connectivity index (χ4v) is 4.56. The Labute approximate surface area is 165 Å². The number of fused-ring (bicyclic) bond motifs is 4. The summed E-state index contributed by atoms with van der Waals surface area (Å²) in [6, 6.07) is 13.9. The van der Waals surface area contributed by atoms with Crippen LogP contribution in [0.25, 0.3) is 0 Å². The van der Waals surface area contributed by atoms with Crippen molar-refractivity contribution in [3.63, 3.8) is 0 Å². The molecule has 2 aromatic rings. The van der Waals surface area contributed by atoms with E-state index < -0.39 is 5.72 Å². The number of ether oxygens (including phenoxy) is 2. The third-order valence-corrected chi connectivity index (χ3v) is 6.19. The zero-order valence-corrected chi connectivity index (χ0v) is 16.3. The number of aromatic hydroxyl groups is 1. The van der Waals surface area contributed by atoms with Gasteiger partial charge in [-0.3, -0.25) is 0 Å². The summed E-state index contributed by atoms with van der Waals surface area (Å²) in [5.41, 5.74) is 2.77. The lowest BCUT2D eigenvalue weighted by molar-refractivity contribution is -0.147. The topological polar surface area (TPSA) is 57.5 Å². The Balaban J connectivity index is 1.57. The van der Waals surface area contributed by atoms with Gasteiger partial charge in [0.05, 0.1) is 18.9 Å². The molecule has 3 heterocycles. The van der Waals surface area contributed by atoms with E-state index in [-0.39, 0.29) is 11.8 Å². The van der Waals surface area contributed by atoms with Gasteiger partial charge in [0.25, 0.3) is 0 Å². The second-order valence-electron chi connectivity index (χ2n) is 7.89. The number of phenolic OH excluding ortho intramolecular Hbond substituents is 1. The van der Waals surface area contributed by atoms with Crippen LogP contribution in [0, 0.1) is 0 Å². The fourth-order valence-electron chi connectivity index (χ4n) is 4.56. The van der Waals surface area contributed by atoms with Crippen LogP contribution in [0.3, 0.4) is 0 Å². The van der Waals surface area contributed by atoms with Crippen LogP contribution in [0.1, 0.15) is 36.4 Å². The lowest BCUT2D eigenvalue weighted by atomic mass is 9.91. The van der Waals surface area contributed by atoms with Crippen molar-refractivity contribution in [2.24, 2.45) is 5.10 Å². The summed E-state index contributed by atoms with van der Waals surface area (Å²) >= 11 is 0. The fraction of sp³-hybridized carbons (Fsp3) is 0.409. The average Bonchev–Trinajstić information content (AvgIpc) is 3.17. The highest BCUT2D eigenvalue weighted by Crippen LogP contribution is 2.50. The smallest absolute Gasteiger partial charge is 0.200 e. The summed E-state index contributed by atoms with van der Waals surface area (Å²) < 4.78 is 11.9. The number of likely N-dealkylation sites (tertiary alicyclic amines) is 1. The predicted octanol–water partition coefficient (Wildman–Crippen LogP) is 3.37. The average molecular weight is 379 g/mol. The number of rotatable bonds is 2. The van der Waals surface area contributed by atoms with Crippen molar-refractivity contribution in [2.75, 3.05) is 27.2 Å². The van der Waals surface area contributed by atoms with Gasteiger partial charge in [-0.1, -0.05) is 18.2 Å². The summed E-state index contributed by atoms with van der Waals surface area (Å²) in [5, 5.41) is 17.2. The Morgan fingerprint density at radius 2 is 1.96 bits per heavy atom. The minimum Gasteiger partial charge on any atom is -0.504 e. The maximum Gasteiger partial charge on any atom is 0.200 e. The van der Waals surface area contributed by atoms with Crippen LogP contribution < -0.4 is 9.47 Å². The summed E-state index contributed by atoms with van der Waals surface area (Å²) in [6.07, 6.45) is 2.65. The molecular weight excluding hydrogens is 354 g/mol. The van der Waals surface area contributed by atoms with Gasteiger partial charge in [-0.25, -0.2) is 5.01 Å². The van der Waals surface area contributed by atoms with Crippen LogP contribution in [0.2, 0.25) is 0 Å². The molecular formula is C22H25N3O3. The second-order valence-corrected chi connectivity index (χ2v) is 7.89. The molecule has 0 aromatic heterocycles. The predicted molar refractivity (Wildman–Crippen MR) is 107 cm³/mol. The van der Waals surface area contributed by atoms with Crippen molar-refractivity contribution < 1.29 is 14.6 Å². The molecule has 0 saturated carbocycles. The maximum absolute atomic E-state index is 9.94. The number of benzene rings is 2. The van der Waals surface area contributed by atoms with Gasteiger partial charge in [-0.05, 0) is 31.3 Å². The van der Waals surface area contributed by atoms with Gasteiger partial charge in [0, 0.05) is 43.5 Å². The molecule has 2 aromatic carbocycles. The molecule has 1 saturated heterocycles. The normalized spacial score (nSPS) is 23.0. The standard InChI is InChI=1S/C22H25N3O3/c1-24-11-9-22(10-12-24)25-18(16-5-3-4-6-20(16)28-22)14-17(23-25)15-7-8-19(26)21(13-15)27-2/h3-8,13,18,26H,9-12,14H2,1-2H3/t18-/m1/s1. The van der Waals surface area contributed by atoms with Gasteiger partial charge in [0.1, 0.15) is 5.75 Å². The Morgan fingerprint density at radius 3 is 2.75 bits per heavy atom. The zero-order valence-electron chi connectivity index (χ0n) is 16.3. The molecule has 6 heteroatoms. The van der Waals surface area contributed by atoms with Crippen LogP contribution in [-0.4, -0.2) is 53.7 Å². The molecule has 28 heavy (non-hydrogen) atoms. The van der Waals surface area contributed by atoms with Gasteiger partial charge in [-0.15, -0.1) is 0 Å². The monoisotopic (exact) mass is 379 g/mol. The number of nitrogens with zero attached hydrogens (tertiary/aromatic N) is 3. The van der Waals surface area contributed by atoms with Crippen LogP contribution in [0.5, 0.6) is 17.2 Å². The largest absolute Gasteiger partial charge is 0.504 e. The van der Waals surface area contributed by atoms with E-state index in [1.807, 2.05) is 18.2 Å². The molecule has 0 aliphatic carbocycles. The number of phenols is 1. The molecule has 0 amide bonds. The number of hydrogen-bond acceptors (Lipinski definition) is 6. The molecule has 1 N–H and O–H groups in total. The summed E-state index contributed by atoms with van der Waals surface area (Å²) in [5.74, 6) is 1.59. The molecule has 0 unspecified atom stereocenters. The van der Waals surface area contributed by atoms with Gasteiger partial charge in [-0.2, -0.15) is 5.10 Å². The zero-order chi connectivity index (χ0) is 19.3. The van der Waals surface area contributed by atoms with Crippen molar-refractivity contribution >= 4 is 5.71 Å². The first-order valence-electron chi connectivity index (χ1n) is 9.80. The Hall–Kier alpha value is -2.73. The molecule has 1 spiro atoms. The molecule has 0 radical (unpaired) electrons. The molecule has 0 bridgehead atoms. The van der Waals surface area contributed by atoms with Crippen molar-refractivity contribution in [1.82, 2.24) is 9.91 Å². The molecule has 3 aliphatic rings. The summed E-state index contributed by atoms with van der Waals surface area (Å²) in [6.45, 7) is 1.98. The number of piperidine rings is 1. The van der Waals surface area contributed by atoms with E-state index in [9.17, 15) is 5.11 Å². The highest BCUT2D eigenvalue weighted by atomic mass is 16.5.